The van der Waals surface area contributed by atoms with Gasteiger partial charge in [0.2, 0.25) is 41.4 Å². The van der Waals surface area contributed by atoms with Crippen molar-refractivity contribution in [2.24, 2.45) is 34.0 Å². The fraction of sp³-hybridized carbons (Fsp3) is 0.500. The molecule has 1 aliphatic rings. The van der Waals surface area contributed by atoms with E-state index in [2.05, 4.69) is 46.9 Å². The minimum absolute atomic E-state index is 0.00211. The van der Waals surface area contributed by atoms with Crippen LogP contribution in [0.1, 0.15) is 83.0 Å². The largest absolute Gasteiger partial charge is 0.508 e. The van der Waals surface area contributed by atoms with Gasteiger partial charge in [0.05, 0.1) is 18.8 Å². The second-order valence-corrected chi connectivity index (χ2v) is 18.9. The predicted octanol–water partition coefficient (Wildman–Crippen LogP) is -1.31. The number of carbonyl (C=O) groups is 9. The lowest BCUT2D eigenvalue weighted by Crippen LogP contribution is -2.62. The van der Waals surface area contributed by atoms with Crippen molar-refractivity contribution in [2.45, 2.75) is 134 Å². The molecule has 4 rings (SSSR count). The zero-order chi connectivity index (χ0) is 55.4. The summed E-state index contributed by atoms with van der Waals surface area (Å²) >= 11 is 0. The van der Waals surface area contributed by atoms with E-state index in [1.54, 1.807) is 58.0 Å². The standard InChI is InChI=1S/C50H71N13O12/c1-5-28(4)41(47(72)59-36(23-31-25-54-26-56-31)48(73)63-20-10-14-38(63)45(70)60-37(49(74)75)22-29-11-7-6-8-12-29)62-44(69)35(21-30-15-17-32(64)18-16-30)58-46(71)40(27(2)3)61-43(68)34(13-9-19-55-50(52)53)57-42(67)33(51)24-39(65)66/h6-8,11-12,15-18,25-28,33-38,40-41,64H,5,9-10,13-14,19-24,51H2,1-4H3,(H,54,56)(H,57,67)(H,58,71)(H,59,72)(H,60,70)(H,61,68)(H,62,69)(H,65,66)(H,74,75)(H4,52,53,55)/t28-,33-,34+,35-,36-,37-,38-,40-,41-/m0/s1. The van der Waals surface area contributed by atoms with Gasteiger partial charge in [0.15, 0.2) is 5.96 Å². The molecule has 25 heteroatoms. The second kappa shape index (κ2) is 29.0. The van der Waals surface area contributed by atoms with Crippen LogP contribution in [-0.2, 0) is 62.4 Å². The number of aromatic hydroxyl groups is 1. The molecule has 1 aromatic heterocycles. The summed E-state index contributed by atoms with van der Waals surface area (Å²) in [4.78, 5) is 134. The van der Waals surface area contributed by atoms with Crippen LogP contribution in [0.4, 0.5) is 0 Å². The van der Waals surface area contributed by atoms with Gasteiger partial charge < -0.3 is 74.3 Å². The summed E-state index contributed by atoms with van der Waals surface area (Å²) < 4.78 is 0. The average molecular weight is 1050 g/mol. The number of phenolic OH excluding ortho intramolecular Hbond substituents is 1. The lowest BCUT2D eigenvalue weighted by atomic mass is 9.96. The molecule has 2 aromatic carbocycles. The van der Waals surface area contributed by atoms with Crippen molar-refractivity contribution < 1.29 is 58.5 Å². The molecule has 0 spiro atoms. The van der Waals surface area contributed by atoms with E-state index < -0.39 is 120 Å². The van der Waals surface area contributed by atoms with Gasteiger partial charge in [-0.2, -0.15) is 0 Å². The molecular formula is C50H71N13O12. The van der Waals surface area contributed by atoms with Crippen LogP contribution in [0.15, 0.2) is 72.1 Å². The number of hydrogen-bond acceptors (Lipinski definition) is 13. The van der Waals surface area contributed by atoms with Gasteiger partial charge in [-0.05, 0) is 60.8 Å². The van der Waals surface area contributed by atoms with Crippen LogP contribution < -0.4 is 49.1 Å². The fourth-order valence-electron chi connectivity index (χ4n) is 8.31. The van der Waals surface area contributed by atoms with Gasteiger partial charge in [0, 0.05) is 44.2 Å². The predicted molar refractivity (Wildman–Crippen MR) is 273 cm³/mol. The quantitative estimate of drug-likeness (QED) is 0.0218. The van der Waals surface area contributed by atoms with E-state index in [4.69, 9.17) is 17.2 Å². The maximum atomic E-state index is 14.6. The average Bonchev–Trinajstić information content (AvgIpc) is 4.08. The van der Waals surface area contributed by atoms with Gasteiger partial charge >= 0.3 is 11.9 Å². The topological polar surface area (TPSA) is 409 Å². The zero-order valence-electron chi connectivity index (χ0n) is 42.5. The number of aliphatic imine (C=N–C) groups is 1. The number of carboxylic acids is 2. The van der Waals surface area contributed by atoms with Crippen molar-refractivity contribution in [3.8, 4) is 5.75 Å². The normalized spacial score (nSPS) is 16.3. The van der Waals surface area contributed by atoms with Crippen LogP contribution in [0.25, 0.3) is 0 Å². The molecule has 9 atom stereocenters. The van der Waals surface area contributed by atoms with Gasteiger partial charge in [0.1, 0.15) is 48.0 Å². The first kappa shape index (κ1) is 59.5. The maximum Gasteiger partial charge on any atom is 0.326 e. The number of carbonyl (C=O) groups excluding carboxylic acids is 7. The zero-order valence-corrected chi connectivity index (χ0v) is 42.5. The van der Waals surface area contributed by atoms with Gasteiger partial charge in [-0.15, -0.1) is 0 Å². The Morgan fingerprint density at radius 3 is 1.95 bits per heavy atom. The molecule has 75 heavy (non-hydrogen) atoms. The number of nitrogens with one attached hydrogen (secondary N) is 7. The Balaban J connectivity index is 1.59. The van der Waals surface area contributed by atoms with Crippen LogP contribution in [0.2, 0.25) is 0 Å². The van der Waals surface area contributed by atoms with Crippen molar-refractivity contribution in [2.75, 3.05) is 13.1 Å². The first-order valence-corrected chi connectivity index (χ1v) is 24.8. The third-order valence-corrected chi connectivity index (χ3v) is 12.7. The number of guanidine groups is 1. The summed E-state index contributed by atoms with van der Waals surface area (Å²) in [6.07, 6.45) is 2.92. The van der Waals surface area contributed by atoms with Gasteiger partial charge in [-0.3, -0.25) is 43.3 Å². The summed E-state index contributed by atoms with van der Waals surface area (Å²) in [6.45, 7) is 6.90. The molecule has 2 heterocycles. The number of phenols is 1. The van der Waals surface area contributed by atoms with E-state index in [9.17, 15) is 58.5 Å². The van der Waals surface area contributed by atoms with Crippen LogP contribution in [0.3, 0.4) is 0 Å². The Morgan fingerprint density at radius 1 is 0.747 bits per heavy atom. The number of rotatable bonds is 29. The highest BCUT2D eigenvalue weighted by atomic mass is 16.4. The molecule has 1 aliphatic heterocycles. The number of aromatic nitrogens is 2. The summed E-state index contributed by atoms with van der Waals surface area (Å²) in [7, 11) is 0. The Kier molecular flexibility index (Phi) is 23.0. The van der Waals surface area contributed by atoms with Crippen molar-refractivity contribution in [1.29, 1.82) is 0 Å². The van der Waals surface area contributed by atoms with Gasteiger partial charge in [-0.25, -0.2) is 9.78 Å². The third-order valence-electron chi connectivity index (χ3n) is 12.7. The Hall–Kier alpha value is -8.09. The molecule has 3 aromatic rings. The number of imidazole rings is 1. The van der Waals surface area contributed by atoms with Crippen LogP contribution >= 0.6 is 0 Å². The van der Waals surface area contributed by atoms with E-state index in [0.717, 1.165) is 0 Å². The number of carboxylic acid groups (broad SMARTS) is 2. The highest BCUT2D eigenvalue weighted by Crippen LogP contribution is 2.21. The smallest absolute Gasteiger partial charge is 0.326 e. The highest BCUT2D eigenvalue weighted by molar-refractivity contribution is 5.98. The summed E-state index contributed by atoms with van der Waals surface area (Å²) in [5, 5.41) is 45.1. The molecule has 0 unspecified atom stereocenters. The SMILES string of the molecule is CC[C@H](C)[C@H](NC(=O)[C@H](Cc1ccc(O)cc1)NC(=O)[C@@H](NC(=O)[C@@H](CCCN=C(N)N)NC(=O)[C@@H](N)CC(=O)O)C(C)C)C(=O)N[C@@H](Cc1cnc[nH]1)C(=O)N1CCC[C@H]1C(=O)N[C@@H](Cc1ccccc1)C(=O)O. The molecule has 16 N–H and O–H groups in total. The van der Waals surface area contributed by atoms with Crippen molar-refractivity contribution >= 4 is 59.2 Å². The van der Waals surface area contributed by atoms with Crippen molar-refractivity contribution in [3.63, 3.8) is 0 Å². The Bertz CT molecular complexity index is 2450. The number of likely N-dealkylation sites (tertiary alicyclic amines) is 1. The number of benzene rings is 2. The number of aromatic amines is 1. The molecule has 1 saturated heterocycles. The van der Waals surface area contributed by atoms with Gasteiger partial charge in [0.25, 0.3) is 0 Å². The third kappa shape index (κ3) is 18.7. The lowest BCUT2D eigenvalue weighted by molar-refractivity contribution is -0.145. The Labute approximate surface area is 434 Å². The molecule has 408 valence electrons. The maximum absolute atomic E-state index is 14.6. The van der Waals surface area contributed by atoms with E-state index in [-0.39, 0.29) is 63.3 Å². The minimum atomic E-state index is -1.51. The van der Waals surface area contributed by atoms with Crippen molar-refractivity contribution in [3.05, 3.63) is 83.9 Å². The molecule has 0 bridgehead atoms. The van der Waals surface area contributed by atoms with Crippen molar-refractivity contribution in [1.82, 2.24) is 46.8 Å². The van der Waals surface area contributed by atoms with Crippen LogP contribution in [-0.4, -0.2) is 151 Å². The number of amides is 7. The van der Waals surface area contributed by atoms with E-state index >= 15 is 0 Å². The number of nitrogens with zero attached hydrogens (tertiary/aromatic N) is 3. The minimum Gasteiger partial charge on any atom is -0.508 e. The summed E-state index contributed by atoms with van der Waals surface area (Å²) in [5.74, 6) is -9.64. The molecule has 0 aliphatic carbocycles. The Morgan fingerprint density at radius 2 is 1.35 bits per heavy atom. The summed E-state index contributed by atoms with van der Waals surface area (Å²) in [6, 6.07) is 3.95. The second-order valence-electron chi connectivity index (χ2n) is 18.9. The highest BCUT2D eigenvalue weighted by Gasteiger charge is 2.41. The van der Waals surface area contributed by atoms with E-state index in [1.807, 2.05) is 0 Å². The molecule has 0 saturated carbocycles. The number of nitrogens with two attached hydrogens (primary N) is 3. The van der Waals surface area contributed by atoms with Crippen LogP contribution in [0, 0.1) is 11.8 Å². The molecule has 1 fully saturated rings. The van der Waals surface area contributed by atoms with E-state index in [1.165, 1.54) is 41.7 Å². The summed E-state index contributed by atoms with van der Waals surface area (Å²) in [5.41, 5.74) is 18.2. The van der Waals surface area contributed by atoms with Gasteiger partial charge in [-0.1, -0.05) is 76.6 Å². The lowest BCUT2D eigenvalue weighted by Gasteiger charge is -2.32. The van der Waals surface area contributed by atoms with E-state index in [0.29, 0.717) is 29.7 Å². The monoisotopic (exact) mass is 1050 g/mol. The number of H-pyrrole nitrogens is 1. The molecule has 7 amide bonds. The molecular weight excluding hydrogens is 975 g/mol. The first-order valence-electron chi connectivity index (χ1n) is 24.8. The number of aliphatic carboxylic acids is 2. The van der Waals surface area contributed by atoms with Crippen LogP contribution in [0.5, 0.6) is 5.75 Å². The molecule has 25 nitrogen and oxygen atoms in total. The number of hydrogen-bond donors (Lipinski definition) is 13. The fourth-order valence-corrected chi connectivity index (χ4v) is 8.31. The first-order chi connectivity index (χ1) is 35.6. The molecule has 0 radical (unpaired) electrons.